The summed E-state index contributed by atoms with van der Waals surface area (Å²) >= 11 is 0. The van der Waals surface area contributed by atoms with Gasteiger partial charge in [0.2, 0.25) is 11.8 Å². The number of carbonyl (C=O) groups is 3. The van der Waals surface area contributed by atoms with Gasteiger partial charge >= 0.3 is 0 Å². The summed E-state index contributed by atoms with van der Waals surface area (Å²) in [6.07, 6.45) is 2.01. The van der Waals surface area contributed by atoms with Crippen LogP contribution in [0.3, 0.4) is 0 Å². The van der Waals surface area contributed by atoms with Crippen molar-refractivity contribution >= 4 is 17.7 Å². The molecule has 1 saturated heterocycles. The average molecular weight is 332 g/mol. The first-order valence-corrected chi connectivity index (χ1v) is 8.17. The maximum atomic E-state index is 12.8. The van der Waals surface area contributed by atoms with E-state index in [-0.39, 0.29) is 18.5 Å². The molecular formula is C17H24N4O3. The Balaban J connectivity index is 2.29. The van der Waals surface area contributed by atoms with Crippen molar-refractivity contribution in [1.82, 2.24) is 16.0 Å². The van der Waals surface area contributed by atoms with Crippen LogP contribution < -0.4 is 21.7 Å². The zero-order chi connectivity index (χ0) is 17.6. The van der Waals surface area contributed by atoms with Gasteiger partial charge in [0.05, 0.1) is 12.6 Å². The van der Waals surface area contributed by atoms with Crippen LogP contribution in [0.25, 0.3) is 0 Å². The zero-order valence-corrected chi connectivity index (χ0v) is 13.8. The summed E-state index contributed by atoms with van der Waals surface area (Å²) in [6, 6.07) is 8.72. The number of amides is 3. The Labute approximate surface area is 141 Å². The first-order valence-electron chi connectivity index (χ1n) is 8.17. The van der Waals surface area contributed by atoms with E-state index in [4.69, 9.17) is 5.73 Å². The zero-order valence-electron chi connectivity index (χ0n) is 13.8. The van der Waals surface area contributed by atoms with Crippen LogP contribution in [0.2, 0.25) is 0 Å². The van der Waals surface area contributed by atoms with Crippen LogP contribution in [-0.4, -0.2) is 36.9 Å². The van der Waals surface area contributed by atoms with Gasteiger partial charge in [-0.15, -0.1) is 0 Å². The minimum Gasteiger partial charge on any atom is -0.368 e. The Hall–Kier alpha value is -2.41. The molecule has 130 valence electrons. The van der Waals surface area contributed by atoms with Crippen LogP contribution in [0.5, 0.6) is 0 Å². The smallest absolute Gasteiger partial charge is 0.250 e. The number of primary amides is 1. The second-order valence-corrected chi connectivity index (χ2v) is 5.91. The number of hydrogen-bond acceptors (Lipinski definition) is 4. The van der Waals surface area contributed by atoms with E-state index in [0.717, 1.165) is 19.4 Å². The number of benzene rings is 1. The highest BCUT2D eigenvalue weighted by molar-refractivity contribution is 5.95. The van der Waals surface area contributed by atoms with Crippen molar-refractivity contribution in [1.29, 1.82) is 0 Å². The lowest BCUT2D eigenvalue weighted by molar-refractivity contribution is -0.135. The SMILES string of the molecule is CC[C@@](NC(=O)[C@@H]1CCCN1)(C(=O)NCC(N)=O)c1ccccc1. The molecule has 1 aromatic rings. The van der Waals surface area contributed by atoms with Crippen LogP contribution in [0.15, 0.2) is 30.3 Å². The molecule has 7 nitrogen and oxygen atoms in total. The number of nitrogens with two attached hydrogens (primary N) is 1. The van der Waals surface area contributed by atoms with Gasteiger partial charge in [-0.1, -0.05) is 37.3 Å². The number of carbonyl (C=O) groups excluding carboxylic acids is 3. The van der Waals surface area contributed by atoms with E-state index in [9.17, 15) is 14.4 Å². The van der Waals surface area contributed by atoms with Gasteiger partial charge in [-0.25, -0.2) is 0 Å². The van der Waals surface area contributed by atoms with Crippen molar-refractivity contribution in [2.45, 2.75) is 37.8 Å². The van der Waals surface area contributed by atoms with Gasteiger partial charge in [0.15, 0.2) is 0 Å². The van der Waals surface area contributed by atoms with Crippen molar-refractivity contribution in [2.24, 2.45) is 5.73 Å². The fraction of sp³-hybridized carbons (Fsp3) is 0.471. The molecule has 0 radical (unpaired) electrons. The summed E-state index contributed by atoms with van der Waals surface area (Å²) in [6.45, 7) is 2.33. The molecule has 0 bridgehead atoms. The highest BCUT2D eigenvalue weighted by Crippen LogP contribution is 2.26. The van der Waals surface area contributed by atoms with Gasteiger partial charge in [-0.05, 0) is 31.4 Å². The third-order valence-corrected chi connectivity index (χ3v) is 4.32. The van der Waals surface area contributed by atoms with Crippen LogP contribution in [0.4, 0.5) is 0 Å². The van der Waals surface area contributed by atoms with E-state index in [1.165, 1.54) is 0 Å². The quantitative estimate of drug-likeness (QED) is 0.552. The molecule has 0 saturated carbocycles. The molecule has 7 heteroatoms. The van der Waals surface area contributed by atoms with Crippen LogP contribution >= 0.6 is 0 Å². The Morgan fingerprint density at radius 3 is 2.54 bits per heavy atom. The lowest BCUT2D eigenvalue weighted by atomic mass is 9.85. The van der Waals surface area contributed by atoms with E-state index in [2.05, 4.69) is 16.0 Å². The van der Waals surface area contributed by atoms with Gasteiger partial charge in [0.25, 0.3) is 5.91 Å². The lowest BCUT2D eigenvalue weighted by Gasteiger charge is -2.34. The largest absolute Gasteiger partial charge is 0.368 e. The average Bonchev–Trinajstić information content (AvgIpc) is 3.13. The molecule has 2 atom stereocenters. The van der Waals surface area contributed by atoms with Crippen molar-refractivity contribution in [3.05, 3.63) is 35.9 Å². The van der Waals surface area contributed by atoms with E-state index >= 15 is 0 Å². The summed E-state index contributed by atoms with van der Waals surface area (Å²) in [5, 5.41) is 8.54. The summed E-state index contributed by atoms with van der Waals surface area (Å²) < 4.78 is 0. The molecule has 1 heterocycles. The number of nitrogens with one attached hydrogen (secondary N) is 3. The maximum absolute atomic E-state index is 12.8. The fourth-order valence-corrected chi connectivity index (χ4v) is 2.96. The normalized spacial score (nSPS) is 19.3. The summed E-state index contributed by atoms with van der Waals surface area (Å²) in [4.78, 5) is 36.4. The second-order valence-electron chi connectivity index (χ2n) is 5.91. The molecule has 0 unspecified atom stereocenters. The van der Waals surface area contributed by atoms with Gasteiger partial charge < -0.3 is 21.7 Å². The first-order chi connectivity index (χ1) is 11.5. The highest BCUT2D eigenvalue weighted by atomic mass is 16.2. The minimum atomic E-state index is -1.24. The molecule has 1 aliphatic rings. The summed E-state index contributed by atoms with van der Waals surface area (Å²) in [7, 11) is 0. The van der Waals surface area contributed by atoms with Crippen molar-refractivity contribution < 1.29 is 14.4 Å². The van der Waals surface area contributed by atoms with Gasteiger partial charge in [0.1, 0.15) is 5.54 Å². The standard InChI is InChI=1S/C17H24N4O3/c1-2-17(12-7-4-3-5-8-12,16(24)20-11-14(18)22)21-15(23)13-9-6-10-19-13/h3-5,7-8,13,19H,2,6,9-11H2,1H3,(H2,18,22)(H,20,24)(H,21,23)/t13-,17-/m0/s1. The summed E-state index contributed by atoms with van der Waals surface area (Å²) in [5.41, 5.74) is 4.54. The van der Waals surface area contributed by atoms with Crippen LogP contribution in [-0.2, 0) is 19.9 Å². The molecule has 24 heavy (non-hydrogen) atoms. The Morgan fingerprint density at radius 2 is 2.00 bits per heavy atom. The third kappa shape index (κ3) is 3.91. The van der Waals surface area contributed by atoms with Crippen molar-refractivity contribution in [3.8, 4) is 0 Å². The molecule has 5 N–H and O–H groups in total. The van der Waals surface area contributed by atoms with Crippen molar-refractivity contribution in [3.63, 3.8) is 0 Å². The molecule has 0 spiro atoms. The van der Waals surface area contributed by atoms with Crippen molar-refractivity contribution in [2.75, 3.05) is 13.1 Å². The predicted octanol–water partition coefficient (Wildman–Crippen LogP) is -0.238. The first kappa shape index (κ1) is 17.9. The molecule has 3 amide bonds. The minimum absolute atomic E-state index is 0.215. The van der Waals surface area contributed by atoms with E-state index in [1.807, 2.05) is 13.0 Å². The van der Waals surface area contributed by atoms with Gasteiger partial charge in [-0.3, -0.25) is 14.4 Å². The molecule has 0 aliphatic carbocycles. The third-order valence-electron chi connectivity index (χ3n) is 4.32. The Morgan fingerprint density at radius 1 is 1.29 bits per heavy atom. The van der Waals surface area contributed by atoms with Crippen LogP contribution in [0, 0.1) is 0 Å². The monoisotopic (exact) mass is 332 g/mol. The molecule has 0 aromatic heterocycles. The number of rotatable bonds is 7. The van der Waals surface area contributed by atoms with E-state index < -0.39 is 17.4 Å². The maximum Gasteiger partial charge on any atom is 0.250 e. The highest BCUT2D eigenvalue weighted by Gasteiger charge is 2.41. The Kier molecular flexibility index (Phi) is 5.92. The van der Waals surface area contributed by atoms with E-state index in [1.54, 1.807) is 24.3 Å². The predicted molar refractivity (Wildman–Crippen MR) is 89.8 cm³/mol. The topological polar surface area (TPSA) is 113 Å². The summed E-state index contributed by atoms with van der Waals surface area (Å²) in [5.74, 6) is -1.29. The lowest BCUT2D eigenvalue weighted by Crippen LogP contribution is -2.59. The number of hydrogen-bond donors (Lipinski definition) is 4. The molecule has 1 fully saturated rings. The molecule has 1 aromatic carbocycles. The molecular weight excluding hydrogens is 308 g/mol. The molecule has 2 rings (SSSR count). The van der Waals surface area contributed by atoms with Gasteiger partial charge in [0, 0.05) is 0 Å². The fourth-order valence-electron chi connectivity index (χ4n) is 2.96. The second kappa shape index (κ2) is 7.92. The van der Waals surface area contributed by atoms with Crippen LogP contribution in [0.1, 0.15) is 31.7 Å². The Bertz CT molecular complexity index is 599. The van der Waals surface area contributed by atoms with E-state index in [0.29, 0.717) is 12.0 Å². The van der Waals surface area contributed by atoms with Gasteiger partial charge in [-0.2, -0.15) is 0 Å². The molecule has 1 aliphatic heterocycles.